The van der Waals surface area contributed by atoms with Gasteiger partial charge in [0.05, 0.1) is 17.4 Å². The van der Waals surface area contributed by atoms with Crippen molar-refractivity contribution >= 4 is 11.8 Å². The minimum absolute atomic E-state index is 0.117. The number of hydrogen-bond acceptors (Lipinski definition) is 3. The van der Waals surface area contributed by atoms with Crippen LogP contribution in [0.2, 0.25) is 0 Å². The average molecular weight is 422 g/mol. The topological polar surface area (TPSA) is 62.6 Å². The Morgan fingerprint density at radius 3 is 2.40 bits per heavy atom. The molecule has 2 heterocycles. The molecule has 162 valence electrons. The molecule has 0 radical (unpaired) electrons. The lowest BCUT2D eigenvalue weighted by Crippen LogP contribution is -2.45. The molecule has 1 N–H and O–H groups in total. The van der Waals surface area contributed by atoms with Crippen molar-refractivity contribution in [3.63, 3.8) is 0 Å². The first-order valence-corrected chi connectivity index (χ1v) is 9.85. The third-order valence-electron chi connectivity index (χ3n) is 5.60. The van der Waals surface area contributed by atoms with Gasteiger partial charge in [-0.15, -0.1) is 0 Å². The van der Waals surface area contributed by atoms with Crippen LogP contribution >= 0.6 is 0 Å². The molecule has 0 bridgehead atoms. The van der Waals surface area contributed by atoms with Crippen molar-refractivity contribution in [1.29, 1.82) is 0 Å². The summed E-state index contributed by atoms with van der Waals surface area (Å²) in [6, 6.07) is 6.80. The maximum absolute atomic E-state index is 13.0. The van der Waals surface area contributed by atoms with Crippen LogP contribution in [-0.4, -0.2) is 36.3 Å². The lowest BCUT2D eigenvalue weighted by molar-refractivity contribution is -0.137. The van der Waals surface area contributed by atoms with E-state index in [1.807, 2.05) is 0 Å². The second-order valence-corrected chi connectivity index (χ2v) is 8.26. The molecule has 30 heavy (non-hydrogen) atoms. The van der Waals surface area contributed by atoms with Crippen molar-refractivity contribution in [3.8, 4) is 0 Å². The van der Waals surface area contributed by atoms with Crippen molar-refractivity contribution in [2.24, 2.45) is 5.92 Å². The number of furan rings is 1. The van der Waals surface area contributed by atoms with Gasteiger partial charge in [-0.05, 0) is 30.5 Å². The number of piperidine rings is 1. The highest BCUT2D eigenvalue weighted by Gasteiger charge is 2.33. The van der Waals surface area contributed by atoms with Gasteiger partial charge in [0.2, 0.25) is 5.91 Å². The van der Waals surface area contributed by atoms with E-state index in [2.05, 4.69) is 5.32 Å². The Bertz CT molecular complexity index is 883. The molecule has 1 saturated heterocycles. The molecule has 0 unspecified atom stereocenters. The zero-order valence-electron chi connectivity index (χ0n) is 17.0. The molecule has 1 aromatic carbocycles. The number of nitrogens with zero attached hydrogens (tertiary/aromatic N) is 1. The molecule has 8 heteroatoms. The van der Waals surface area contributed by atoms with Gasteiger partial charge in [-0.25, -0.2) is 0 Å². The molecule has 0 saturated carbocycles. The molecule has 2 aromatic rings. The number of likely N-dealkylation sites (tertiary alicyclic amines) is 1. The SMILES string of the molecule is CC(C)(CNC(=O)C1CCN(C(=O)c2ccoc2)CC1)c1cccc(C(F)(F)F)c1. The second kappa shape index (κ2) is 8.53. The number of alkyl halides is 3. The number of carbonyl (C=O) groups excluding carboxylic acids is 2. The first-order chi connectivity index (χ1) is 14.1. The lowest BCUT2D eigenvalue weighted by atomic mass is 9.83. The predicted octanol–water partition coefficient (Wildman–Crippen LogP) is 4.24. The lowest BCUT2D eigenvalue weighted by Gasteiger charge is -2.32. The molecule has 1 aliphatic heterocycles. The zero-order valence-corrected chi connectivity index (χ0v) is 17.0. The van der Waals surface area contributed by atoms with E-state index in [4.69, 9.17) is 4.42 Å². The highest BCUT2D eigenvalue weighted by Crippen LogP contribution is 2.32. The van der Waals surface area contributed by atoms with Gasteiger partial charge in [-0.1, -0.05) is 32.0 Å². The highest BCUT2D eigenvalue weighted by molar-refractivity contribution is 5.94. The molecule has 2 amide bonds. The number of nitrogens with one attached hydrogen (secondary N) is 1. The molecule has 0 spiro atoms. The number of halogens is 3. The summed E-state index contributed by atoms with van der Waals surface area (Å²) < 4.78 is 43.9. The molecule has 1 aliphatic rings. The van der Waals surface area contributed by atoms with Gasteiger partial charge < -0.3 is 14.6 Å². The minimum Gasteiger partial charge on any atom is -0.472 e. The summed E-state index contributed by atoms with van der Waals surface area (Å²) in [5, 5.41) is 2.88. The maximum atomic E-state index is 13.0. The Balaban J connectivity index is 1.54. The normalized spacial score (nSPS) is 15.8. The van der Waals surface area contributed by atoms with Gasteiger partial charge in [0.15, 0.2) is 0 Å². The van der Waals surface area contributed by atoms with Crippen LogP contribution in [0.3, 0.4) is 0 Å². The largest absolute Gasteiger partial charge is 0.472 e. The van der Waals surface area contributed by atoms with Crippen molar-refractivity contribution in [3.05, 3.63) is 59.5 Å². The van der Waals surface area contributed by atoms with Gasteiger partial charge in [-0.2, -0.15) is 13.2 Å². The Hall–Kier alpha value is -2.77. The zero-order chi connectivity index (χ0) is 21.9. The monoisotopic (exact) mass is 422 g/mol. The van der Waals surface area contributed by atoms with Crippen molar-refractivity contribution in [2.45, 2.75) is 38.3 Å². The van der Waals surface area contributed by atoms with E-state index in [0.29, 0.717) is 37.1 Å². The van der Waals surface area contributed by atoms with Crippen LogP contribution in [0.25, 0.3) is 0 Å². The molecule has 0 aliphatic carbocycles. The van der Waals surface area contributed by atoms with Crippen LogP contribution in [-0.2, 0) is 16.4 Å². The van der Waals surface area contributed by atoms with E-state index < -0.39 is 17.2 Å². The summed E-state index contributed by atoms with van der Waals surface area (Å²) in [6.07, 6.45) is -0.480. The molecule has 3 rings (SSSR count). The minimum atomic E-state index is -4.41. The van der Waals surface area contributed by atoms with Gasteiger partial charge >= 0.3 is 6.18 Å². The van der Waals surface area contributed by atoms with E-state index in [-0.39, 0.29) is 24.3 Å². The van der Waals surface area contributed by atoms with Crippen LogP contribution in [0.1, 0.15) is 48.2 Å². The fourth-order valence-corrected chi connectivity index (χ4v) is 3.58. The molecular weight excluding hydrogens is 397 g/mol. The maximum Gasteiger partial charge on any atom is 0.416 e. The Morgan fingerprint density at radius 1 is 1.13 bits per heavy atom. The van der Waals surface area contributed by atoms with Gasteiger partial charge in [-0.3, -0.25) is 9.59 Å². The quantitative estimate of drug-likeness (QED) is 0.784. The summed E-state index contributed by atoms with van der Waals surface area (Å²) in [5.41, 5.74) is -0.359. The predicted molar refractivity (Wildman–Crippen MR) is 105 cm³/mol. The summed E-state index contributed by atoms with van der Waals surface area (Å²) >= 11 is 0. The Labute approximate surface area is 173 Å². The van der Waals surface area contributed by atoms with Crippen molar-refractivity contribution in [2.75, 3.05) is 19.6 Å². The smallest absolute Gasteiger partial charge is 0.416 e. The molecule has 0 atom stereocenters. The third-order valence-corrected chi connectivity index (χ3v) is 5.60. The number of benzene rings is 1. The summed E-state index contributed by atoms with van der Waals surface area (Å²) in [6.45, 7) is 4.77. The standard InChI is InChI=1S/C22H25F3N2O3/c1-21(2,17-4-3-5-18(12-17)22(23,24)25)14-26-19(28)15-6-9-27(10-7-15)20(29)16-8-11-30-13-16/h3-5,8,11-13,15H,6-7,9-10,14H2,1-2H3,(H,26,28). The van der Waals surface area contributed by atoms with Gasteiger partial charge in [0.1, 0.15) is 6.26 Å². The summed E-state index contributed by atoms with van der Waals surface area (Å²) in [7, 11) is 0. The van der Waals surface area contributed by atoms with Crippen molar-refractivity contribution in [1.82, 2.24) is 10.2 Å². The molecule has 1 fully saturated rings. The van der Waals surface area contributed by atoms with E-state index in [1.165, 1.54) is 18.6 Å². The van der Waals surface area contributed by atoms with Crippen LogP contribution in [0, 0.1) is 5.92 Å². The van der Waals surface area contributed by atoms with Crippen LogP contribution in [0.15, 0.2) is 47.3 Å². The number of amides is 2. The second-order valence-electron chi connectivity index (χ2n) is 8.26. The highest BCUT2D eigenvalue weighted by atomic mass is 19.4. The fourth-order valence-electron chi connectivity index (χ4n) is 3.58. The van der Waals surface area contributed by atoms with Crippen molar-refractivity contribution < 1.29 is 27.2 Å². The third kappa shape index (κ3) is 5.04. The Morgan fingerprint density at radius 2 is 1.80 bits per heavy atom. The first-order valence-electron chi connectivity index (χ1n) is 9.85. The van der Waals surface area contributed by atoms with E-state index in [1.54, 1.807) is 30.9 Å². The van der Waals surface area contributed by atoms with E-state index in [9.17, 15) is 22.8 Å². The number of hydrogen-bond donors (Lipinski definition) is 1. The molecular formula is C22H25F3N2O3. The number of carbonyl (C=O) groups is 2. The van der Waals surface area contributed by atoms with Gasteiger partial charge in [0.25, 0.3) is 5.91 Å². The summed E-state index contributed by atoms with van der Waals surface area (Å²) in [4.78, 5) is 26.6. The van der Waals surface area contributed by atoms with Crippen LogP contribution < -0.4 is 5.32 Å². The summed E-state index contributed by atoms with van der Waals surface area (Å²) in [5.74, 6) is -0.477. The molecule has 5 nitrogen and oxygen atoms in total. The van der Waals surface area contributed by atoms with Crippen LogP contribution in [0.4, 0.5) is 13.2 Å². The first kappa shape index (κ1) is 21.9. The van der Waals surface area contributed by atoms with E-state index >= 15 is 0 Å². The van der Waals surface area contributed by atoms with Gasteiger partial charge in [0, 0.05) is 31.0 Å². The fraction of sp³-hybridized carbons (Fsp3) is 0.455. The number of rotatable bonds is 5. The molecule has 1 aromatic heterocycles. The Kier molecular flexibility index (Phi) is 6.24. The van der Waals surface area contributed by atoms with Crippen LogP contribution in [0.5, 0.6) is 0 Å². The van der Waals surface area contributed by atoms with E-state index in [0.717, 1.165) is 12.1 Å². The average Bonchev–Trinajstić information content (AvgIpc) is 3.26.